The van der Waals surface area contributed by atoms with Gasteiger partial charge in [0, 0.05) is 32.1 Å². The summed E-state index contributed by atoms with van der Waals surface area (Å²) in [6.45, 7) is 0. The Kier molecular flexibility index (Phi) is 2.10. The number of benzene rings is 2. The first-order chi connectivity index (χ1) is 8.83. The molecule has 0 fully saturated rings. The van der Waals surface area contributed by atoms with Crippen LogP contribution in [0.15, 0.2) is 48.7 Å². The Hall–Kier alpha value is -1.64. The fourth-order valence-corrected chi connectivity index (χ4v) is 3.75. The van der Waals surface area contributed by atoms with Crippen molar-refractivity contribution in [1.82, 2.24) is 4.98 Å². The lowest BCUT2D eigenvalue weighted by atomic mass is 10.1. The minimum absolute atomic E-state index is 0.784. The minimum Gasteiger partial charge on any atom is -0.255 e. The van der Waals surface area contributed by atoms with E-state index in [1.165, 1.54) is 25.6 Å². The van der Waals surface area contributed by atoms with Gasteiger partial charge < -0.3 is 0 Å². The number of fused-ring (bicyclic) bond motifs is 5. The van der Waals surface area contributed by atoms with Gasteiger partial charge >= 0.3 is 0 Å². The van der Waals surface area contributed by atoms with Crippen LogP contribution in [0.4, 0.5) is 0 Å². The molecule has 0 aliphatic heterocycles. The van der Waals surface area contributed by atoms with Gasteiger partial charge in [-0.15, -0.1) is 11.3 Å². The van der Waals surface area contributed by atoms with Gasteiger partial charge in [0.2, 0.25) is 0 Å². The molecule has 0 atom stereocenters. The van der Waals surface area contributed by atoms with Crippen LogP contribution in [0, 0.1) is 0 Å². The minimum atomic E-state index is 0.784. The summed E-state index contributed by atoms with van der Waals surface area (Å²) in [5.41, 5.74) is 1.04. The summed E-state index contributed by atoms with van der Waals surface area (Å²) >= 11 is 7.80. The smallest absolute Gasteiger partial charge is 0.0709 e. The van der Waals surface area contributed by atoms with Gasteiger partial charge in [0.25, 0.3) is 0 Å². The van der Waals surface area contributed by atoms with E-state index in [-0.39, 0.29) is 0 Å². The number of aromatic nitrogens is 1. The Balaban J connectivity index is 2.33. The van der Waals surface area contributed by atoms with Crippen molar-refractivity contribution in [3.8, 4) is 0 Å². The van der Waals surface area contributed by atoms with Gasteiger partial charge in [-0.2, -0.15) is 0 Å². The van der Waals surface area contributed by atoms with Gasteiger partial charge in [-0.3, -0.25) is 4.98 Å². The molecule has 3 heteroatoms. The van der Waals surface area contributed by atoms with E-state index in [0.717, 1.165) is 10.5 Å². The van der Waals surface area contributed by atoms with E-state index >= 15 is 0 Å². The third kappa shape index (κ3) is 1.36. The molecule has 0 aliphatic carbocycles. The molecule has 2 aromatic heterocycles. The second kappa shape index (κ2) is 3.67. The largest absolute Gasteiger partial charge is 0.255 e. The maximum absolute atomic E-state index is 6.06. The third-order valence-electron chi connectivity index (χ3n) is 3.17. The molecule has 86 valence electrons. The van der Waals surface area contributed by atoms with Crippen LogP contribution in [0.3, 0.4) is 0 Å². The van der Waals surface area contributed by atoms with Crippen LogP contribution in [0.1, 0.15) is 0 Å². The SMILES string of the molecule is Clc1ccc2c(c1)sc1cnc3ccccc3c12. The van der Waals surface area contributed by atoms with Gasteiger partial charge in [-0.05, 0) is 18.2 Å². The van der Waals surface area contributed by atoms with E-state index < -0.39 is 0 Å². The molecule has 0 aliphatic rings. The molecule has 0 radical (unpaired) electrons. The van der Waals surface area contributed by atoms with Crippen molar-refractivity contribution in [2.24, 2.45) is 0 Å². The Labute approximate surface area is 113 Å². The summed E-state index contributed by atoms with van der Waals surface area (Å²) in [6.07, 6.45) is 1.95. The molecule has 18 heavy (non-hydrogen) atoms. The number of halogens is 1. The highest BCUT2D eigenvalue weighted by molar-refractivity contribution is 7.26. The van der Waals surface area contributed by atoms with Crippen molar-refractivity contribution >= 4 is 54.0 Å². The molecule has 4 rings (SSSR count). The van der Waals surface area contributed by atoms with E-state index in [1.54, 1.807) is 11.3 Å². The first-order valence-electron chi connectivity index (χ1n) is 5.68. The molecule has 0 saturated heterocycles. The van der Waals surface area contributed by atoms with Crippen LogP contribution in [-0.4, -0.2) is 4.98 Å². The number of hydrogen-bond acceptors (Lipinski definition) is 2. The molecule has 0 N–H and O–H groups in total. The fraction of sp³-hybridized carbons (Fsp3) is 0. The van der Waals surface area contributed by atoms with Gasteiger partial charge in [0.15, 0.2) is 0 Å². The summed E-state index contributed by atoms with van der Waals surface area (Å²) in [4.78, 5) is 4.50. The van der Waals surface area contributed by atoms with Crippen molar-refractivity contribution < 1.29 is 0 Å². The van der Waals surface area contributed by atoms with Crippen LogP contribution in [0.5, 0.6) is 0 Å². The average molecular weight is 270 g/mol. The monoisotopic (exact) mass is 269 g/mol. The molecule has 0 bridgehead atoms. The normalized spacial score (nSPS) is 11.6. The molecule has 0 unspecified atom stereocenters. The number of nitrogens with zero attached hydrogens (tertiary/aromatic N) is 1. The van der Waals surface area contributed by atoms with Gasteiger partial charge in [-0.25, -0.2) is 0 Å². The maximum Gasteiger partial charge on any atom is 0.0709 e. The van der Waals surface area contributed by atoms with Crippen LogP contribution in [-0.2, 0) is 0 Å². The van der Waals surface area contributed by atoms with Crippen molar-refractivity contribution in [2.75, 3.05) is 0 Å². The maximum atomic E-state index is 6.06. The van der Waals surface area contributed by atoms with Gasteiger partial charge in [0.1, 0.15) is 0 Å². The molecular weight excluding hydrogens is 262 g/mol. The predicted molar refractivity (Wildman–Crippen MR) is 79.6 cm³/mol. The summed E-state index contributed by atoms with van der Waals surface area (Å²) in [6, 6.07) is 14.3. The van der Waals surface area contributed by atoms with E-state index in [9.17, 15) is 0 Å². The lowest BCUT2D eigenvalue weighted by molar-refractivity contribution is 1.46. The number of rotatable bonds is 0. The Bertz CT molecular complexity index is 895. The lowest BCUT2D eigenvalue weighted by Gasteiger charge is -1.99. The molecule has 0 amide bonds. The quantitative estimate of drug-likeness (QED) is 0.424. The topological polar surface area (TPSA) is 12.9 Å². The highest BCUT2D eigenvalue weighted by Gasteiger charge is 2.09. The summed E-state index contributed by atoms with van der Waals surface area (Å²) in [7, 11) is 0. The van der Waals surface area contributed by atoms with E-state index in [0.29, 0.717) is 0 Å². The van der Waals surface area contributed by atoms with Crippen LogP contribution in [0.2, 0.25) is 5.02 Å². The van der Waals surface area contributed by atoms with Crippen LogP contribution < -0.4 is 0 Å². The zero-order valence-electron chi connectivity index (χ0n) is 9.35. The number of hydrogen-bond donors (Lipinski definition) is 0. The summed E-state index contributed by atoms with van der Waals surface area (Å²) in [5, 5.41) is 4.55. The fourth-order valence-electron chi connectivity index (χ4n) is 2.38. The summed E-state index contributed by atoms with van der Waals surface area (Å²) in [5.74, 6) is 0. The second-order valence-electron chi connectivity index (χ2n) is 4.26. The number of pyridine rings is 1. The van der Waals surface area contributed by atoms with Crippen LogP contribution in [0.25, 0.3) is 31.1 Å². The molecule has 4 aromatic rings. The Morgan fingerprint density at radius 1 is 0.944 bits per heavy atom. The lowest BCUT2D eigenvalue weighted by Crippen LogP contribution is -1.77. The third-order valence-corrected chi connectivity index (χ3v) is 4.50. The first kappa shape index (κ1) is 10.3. The van der Waals surface area contributed by atoms with E-state index in [1.807, 2.05) is 30.5 Å². The van der Waals surface area contributed by atoms with Crippen LogP contribution >= 0.6 is 22.9 Å². The molecule has 2 aromatic carbocycles. The van der Waals surface area contributed by atoms with Crippen molar-refractivity contribution in [3.05, 3.63) is 53.7 Å². The molecule has 0 spiro atoms. The molecule has 0 saturated carbocycles. The van der Waals surface area contributed by atoms with Gasteiger partial charge in [-0.1, -0.05) is 35.9 Å². The first-order valence-corrected chi connectivity index (χ1v) is 6.88. The number of thiophene rings is 1. The highest BCUT2D eigenvalue weighted by Crippen LogP contribution is 2.38. The molecular formula is C15H8ClNS. The van der Waals surface area contributed by atoms with E-state index in [4.69, 9.17) is 11.6 Å². The molecule has 1 nitrogen and oxygen atoms in total. The Morgan fingerprint density at radius 2 is 1.83 bits per heavy atom. The highest BCUT2D eigenvalue weighted by atomic mass is 35.5. The van der Waals surface area contributed by atoms with Crippen molar-refractivity contribution in [3.63, 3.8) is 0 Å². The predicted octanol–water partition coefficient (Wildman–Crippen LogP) is 5.26. The van der Waals surface area contributed by atoms with E-state index in [2.05, 4.69) is 23.2 Å². The van der Waals surface area contributed by atoms with Gasteiger partial charge in [0.05, 0.1) is 10.2 Å². The second-order valence-corrected chi connectivity index (χ2v) is 5.78. The zero-order chi connectivity index (χ0) is 12.1. The summed E-state index contributed by atoms with van der Waals surface area (Å²) < 4.78 is 2.43. The standard InChI is InChI=1S/C15H8ClNS/c16-9-5-6-11-13(7-9)18-14-8-17-12-4-2-1-3-10(12)15(11)14/h1-8H. The van der Waals surface area contributed by atoms with Crippen molar-refractivity contribution in [2.45, 2.75) is 0 Å². The molecule has 2 heterocycles. The van der Waals surface area contributed by atoms with Crippen molar-refractivity contribution in [1.29, 1.82) is 0 Å². The number of para-hydroxylation sites is 1. The average Bonchev–Trinajstić information content (AvgIpc) is 2.76. The zero-order valence-corrected chi connectivity index (χ0v) is 10.9. The Morgan fingerprint density at radius 3 is 2.78 bits per heavy atom.